The molecule has 1 saturated carbocycles. The Bertz CT molecular complexity index is 666. The maximum absolute atomic E-state index is 15.0. The van der Waals surface area contributed by atoms with Gasteiger partial charge in [-0.15, -0.1) is 0 Å². The van der Waals surface area contributed by atoms with Crippen molar-refractivity contribution in [2.75, 3.05) is 11.9 Å². The molecule has 1 aliphatic heterocycles. The van der Waals surface area contributed by atoms with E-state index in [-0.39, 0.29) is 0 Å². The number of rotatable bonds is 4. The van der Waals surface area contributed by atoms with E-state index in [9.17, 15) is 4.39 Å². The predicted molar refractivity (Wildman–Crippen MR) is 81.7 cm³/mol. The number of alkyl halides is 1. The van der Waals surface area contributed by atoms with E-state index in [2.05, 4.69) is 11.4 Å². The van der Waals surface area contributed by atoms with Crippen molar-refractivity contribution in [1.29, 1.82) is 0 Å². The molecule has 2 aromatic carbocycles. The summed E-state index contributed by atoms with van der Waals surface area (Å²) in [7, 11) is 0. The van der Waals surface area contributed by atoms with Crippen molar-refractivity contribution in [3.8, 4) is 5.75 Å². The van der Waals surface area contributed by atoms with Gasteiger partial charge in [-0.25, -0.2) is 4.39 Å². The van der Waals surface area contributed by atoms with E-state index >= 15 is 0 Å². The largest absolute Gasteiger partial charge is 0.490 e. The second-order valence-corrected chi connectivity index (χ2v) is 5.81. The highest BCUT2D eigenvalue weighted by atomic mass is 19.1. The van der Waals surface area contributed by atoms with Crippen LogP contribution >= 0.6 is 0 Å². The van der Waals surface area contributed by atoms with Crippen LogP contribution in [0.1, 0.15) is 35.7 Å². The fourth-order valence-electron chi connectivity index (χ4n) is 2.88. The number of benzene rings is 2. The third kappa shape index (κ3) is 2.48. The maximum atomic E-state index is 15.0. The summed E-state index contributed by atoms with van der Waals surface area (Å²) in [5.74, 6) is 0.776. The minimum atomic E-state index is -1.12. The number of para-hydroxylation sites is 1. The Hall–Kier alpha value is -2.03. The minimum absolute atomic E-state index is 0.334. The second kappa shape index (κ2) is 5.06. The van der Waals surface area contributed by atoms with E-state index in [1.807, 2.05) is 36.4 Å². The molecule has 3 heteroatoms. The smallest absolute Gasteiger partial charge is 0.152 e. The molecule has 0 radical (unpaired) electrons. The molecule has 1 N–H and O–H groups in total. The van der Waals surface area contributed by atoms with Crippen LogP contribution in [0.15, 0.2) is 42.5 Å². The molecule has 0 amide bonds. The highest BCUT2D eigenvalue weighted by Crippen LogP contribution is 2.37. The van der Waals surface area contributed by atoms with Crippen molar-refractivity contribution < 1.29 is 9.13 Å². The van der Waals surface area contributed by atoms with Gasteiger partial charge in [0, 0.05) is 17.8 Å². The molecule has 1 fully saturated rings. The monoisotopic (exact) mass is 283 g/mol. The van der Waals surface area contributed by atoms with Crippen LogP contribution in [0.4, 0.5) is 10.1 Å². The third-order valence-electron chi connectivity index (χ3n) is 4.13. The van der Waals surface area contributed by atoms with Gasteiger partial charge in [0.25, 0.3) is 0 Å². The number of halogens is 1. The Morgan fingerprint density at radius 3 is 2.86 bits per heavy atom. The maximum Gasteiger partial charge on any atom is 0.152 e. The standard InChI is InChI=1S/C18H18FNO/c19-17(16-6-2-3-12-9-10-20-18(12)16)13-4-1-5-15(11-13)21-14-7-8-14/h1-6,11,14,17,20H,7-10H2. The number of ether oxygens (including phenoxy) is 1. The zero-order valence-corrected chi connectivity index (χ0v) is 11.8. The van der Waals surface area contributed by atoms with Gasteiger partial charge in [0.2, 0.25) is 0 Å². The van der Waals surface area contributed by atoms with Gasteiger partial charge in [0.15, 0.2) is 6.17 Å². The van der Waals surface area contributed by atoms with Crippen LogP contribution in [-0.4, -0.2) is 12.6 Å². The lowest BCUT2D eigenvalue weighted by Gasteiger charge is -2.15. The van der Waals surface area contributed by atoms with Gasteiger partial charge in [-0.3, -0.25) is 0 Å². The summed E-state index contributed by atoms with van der Waals surface area (Å²) in [5, 5.41) is 3.30. The summed E-state index contributed by atoms with van der Waals surface area (Å²) >= 11 is 0. The number of hydrogen-bond donors (Lipinski definition) is 1. The fourth-order valence-corrected chi connectivity index (χ4v) is 2.88. The first-order valence-corrected chi connectivity index (χ1v) is 7.57. The summed E-state index contributed by atoms with van der Waals surface area (Å²) in [5.41, 5.74) is 3.57. The zero-order chi connectivity index (χ0) is 14.2. The molecule has 1 atom stereocenters. The Morgan fingerprint density at radius 2 is 2.00 bits per heavy atom. The summed E-state index contributed by atoms with van der Waals surface area (Å²) in [6, 6.07) is 13.3. The SMILES string of the molecule is FC(c1cccc(OC2CC2)c1)c1cccc2c1NCC2. The summed E-state index contributed by atoms with van der Waals surface area (Å²) in [4.78, 5) is 0. The Balaban J connectivity index is 1.65. The van der Waals surface area contributed by atoms with E-state index in [1.54, 1.807) is 0 Å². The van der Waals surface area contributed by atoms with E-state index in [1.165, 1.54) is 5.56 Å². The van der Waals surface area contributed by atoms with Gasteiger partial charge in [-0.05, 0) is 42.5 Å². The first-order chi connectivity index (χ1) is 10.3. The summed E-state index contributed by atoms with van der Waals surface area (Å²) in [6.45, 7) is 0.893. The molecule has 1 aliphatic carbocycles. The summed E-state index contributed by atoms with van der Waals surface area (Å²) < 4.78 is 20.7. The Morgan fingerprint density at radius 1 is 1.14 bits per heavy atom. The van der Waals surface area contributed by atoms with Crippen LogP contribution in [-0.2, 0) is 6.42 Å². The molecule has 21 heavy (non-hydrogen) atoms. The van der Waals surface area contributed by atoms with Crippen LogP contribution in [0.3, 0.4) is 0 Å². The molecule has 1 heterocycles. The molecule has 0 aromatic heterocycles. The lowest BCUT2D eigenvalue weighted by Crippen LogP contribution is -2.01. The highest BCUT2D eigenvalue weighted by Gasteiger charge is 2.25. The van der Waals surface area contributed by atoms with E-state index in [0.717, 1.165) is 42.8 Å². The van der Waals surface area contributed by atoms with Crippen LogP contribution in [0.25, 0.3) is 0 Å². The van der Waals surface area contributed by atoms with Crippen molar-refractivity contribution in [3.05, 3.63) is 59.2 Å². The van der Waals surface area contributed by atoms with Gasteiger partial charge in [0.05, 0.1) is 6.10 Å². The van der Waals surface area contributed by atoms with Crippen molar-refractivity contribution >= 4 is 5.69 Å². The molecule has 2 aliphatic rings. The van der Waals surface area contributed by atoms with Crippen LogP contribution in [0.5, 0.6) is 5.75 Å². The normalized spacial score (nSPS) is 18.0. The molecule has 0 saturated heterocycles. The van der Waals surface area contributed by atoms with Crippen LogP contribution < -0.4 is 10.1 Å². The molecular formula is C18H18FNO. The fraction of sp³-hybridized carbons (Fsp3) is 0.333. The van der Waals surface area contributed by atoms with E-state index in [0.29, 0.717) is 11.7 Å². The van der Waals surface area contributed by atoms with Crippen molar-refractivity contribution in [3.63, 3.8) is 0 Å². The molecule has 0 spiro atoms. The number of nitrogens with one attached hydrogen (secondary N) is 1. The molecule has 0 bridgehead atoms. The van der Waals surface area contributed by atoms with E-state index in [4.69, 9.17) is 4.74 Å². The van der Waals surface area contributed by atoms with Gasteiger partial charge in [0.1, 0.15) is 5.75 Å². The van der Waals surface area contributed by atoms with Gasteiger partial charge in [-0.2, -0.15) is 0 Å². The van der Waals surface area contributed by atoms with Gasteiger partial charge < -0.3 is 10.1 Å². The molecular weight excluding hydrogens is 265 g/mol. The van der Waals surface area contributed by atoms with E-state index < -0.39 is 6.17 Å². The molecule has 2 nitrogen and oxygen atoms in total. The molecule has 4 rings (SSSR count). The average molecular weight is 283 g/mol. The van der Waals surface area contributed by atoms with Crippen molar-refractivity contribution in [2.24, 2.45) is 0 Å². The number of fused-ring (bicyclic) bond motifs is 1. The zero-order valence-electron chi connectivity index (χ0n) is 11.8. The van der Waals surface area contributed by atoms with Gasteiger partial charge >= 0.3 is 0 Å². The number of anilines is 1. The molecule has 2 aromatic rings. The Labute approximate surface area is 123 Å². The number of hydrogen-bond acceptors (Lipinski definition) is 2. The first-order valence-electron chi connectivity index (χ1n) is 7.57. The topological polar surface area (TPSA) is 21.3 Å². The molecule has 1 unspecified atom stereocenters. The van der Waals surface area contributed by atoms with Crippen LogP contribution in [0.2, 0.25) is 0 Å². The predicted octanol–water partition coefficient (Wildman–Crippen LogP) is 4.25. The lowest BCUT2D eigenvalue weighted by atomic mass is 9.98. The summed E-state index contributed by atoms with van der Waals surface area (Å²) in [6.07, 6.45) is 2.41. The average Bonchev–Trinajstić information content (AvgIpc) is 3.19. The minimum Gasteiger partial charge on any atom is -0.490 e. The molecule has 108 valence electrons. The Kier molecular flexibility index (Phi) is 3.06. The lowest BCUT2D eigenvalue weighted by molar-refractivity contribution is 0.301. The van der Waals surface area contributed by atoms with Crippen molar-refractivity contribution in [2.45, 2.75) is 31.5 Å². The van der Waals surface area contributed by atoms with Crippen LogP contribution in [0, 0.1) is 0 Å². The highest BCUT2D eigenvalue weighted by molar-refractivity contribution is 5.63. The third-order valence-corrected chi connectivity index (χ3v) is 4.13. The first kappa shape index (κ1) is 12.7. The quantitative estimate of drug-likeness (QED) is 0.905. The van der Waals surface area contributed by atoms with Gasteiger partial charge in [-0.1, -0.05) is 30.3 Å². The van der Waals surface area contributed by atoms with Crippen molar-refractivity contribution in [1.82, 2.24) is 0 Å². The second-order valence-electron chi connectivity index (χ2n) is 5.81.